The number of para-hydroxylation sites is 1. The van der Waals surface area contributed by atoms with Gasteiger partial charge in [-0.1, -0.05) is 90.6 Å². The van der Waals surface area contributed by atoms with Gasteiger partial charge in [0.1, 0.15) is 10.8 Å². The monoisotopic (exact) mass is 421 g/mol. The van der Waals surface area contributed by atoms with Gasteiger partial charge in [0.05, 0.1) is 11.9 Å². The minimum absolute atomic E-state index is 0.794. The van der Waals surface area contributed by atoms with Crippen LogP contribution in [0.2, 0.25) is 0 Å². The Kier molecular flexibility index (Phi) is 6.99. The third-order valence-electron chi connectivity index (χ3n) is 4.62. The van der Waals surface area contributed by atoms with Crippen LogP contribution < -0.4 is 4.74 Å². The Balaban J connectivity index is 1.53. The van der Waals surface area contributed by atoms with E-state index in [2.05, 4.69) is 36.4 Å². The molecule has 0 bridgehead atoms. The number of nitrogens with zero attached hydrogens (tertiary/aromatic N) is 1. The molecule has 0 spiro atoms. The predicted octanol–water partition coefficient (Wildman–Crippen LogP) is 8.16. The van der Waals surface area contributed by atoms with Crippen molar-refractivity contribution in [2.24, 2.45) is 4.99 Å². The second-order valence-corrected chi connectivity index (χ2v) is 8.04. The molecule has 0 heterocycles. The second kappa shape index (κ2) is 10.5. The van der Waals surface area contributed by atoms with Crippen LogP contribution in [0.4, 0.5) is 5.69 Å². The summed E-state index contributed by atoms with van der Waals surface area (Å²) in [6, 6.07) is 38.7. The molecule has 152 valence electrons. The number of hydrogen-bond acceptors (Lipinski definition) is 3. The molecule has 0 N–H and O–H groups in total. The number of thioether (sulfide) groups is 1. The van der Waals surface area contributed by atoms with E-state index in [1.165, 1.54) is 11.1 Å². The first-order valence-electron chi connectivity index (χ1n) is 10.1. The molecule has 0 radical (unpaired) electrons. The predicted molar refractivity (Wildman–Crippen MR) is 132 cm³/mol. The zero-order chi connectivity index (χ0) is 21.3. The van der Waals surface area contributed by atoms with Gasteiger partial charge in [0.25, 0.3) is 0 Å². The molecule has 31 heavy (non-hydrogen) atoms. The maximum absolute atomic E-state index is 5.96. The fourth-order valence-corrected chi connectivity index (χ4v) is 3.85. The van der Waals surface area contributed by atoms with Crippen molar-refractivity contribution in [3.05, 3.63) is 127 Å². The molecule has 0 saturated heterocycles. The Morgan fingerprint density at radius 1 is 0.677 bits per heavy atom. The Morgan fingerprint density at radius 3 is 1.87 bits per heavy atom. The molecule has 0 amide bonds. The van der Waals surface area contributed by atoms with Crippen molar-refractivity contribution in [3.63, 3.8) is 0 Å². The van der Waals surface area contributed by atoms with Crippen LogP contribution in [0.15, 0.2) is 137 Å². The van der Waals surface area contributed by atoms with Gasteiger partial charge in [-0.15, -0.1) is 0 Å². The van der Waals surface area contributed by atoms with Crippen LogP contribution in [0.1, 0.15) is 6.92 Å². The topological polar surface area (TPSA) is 21.6 Å². The van der Waals surface area contributed by atoms with E-state index < -0.39 is 0 Å². The van der Waals surface area contributed by atoms with Gasteiger partial charge in [0, 0.05) is 10.5 Å². The van der Waals surface area contributed by atoms with Crippen LogP contribution in [0.25, 0.3) is 11.1 Å². The average molecular weight is 422 g/mol. The maximum atomic E-state index is 5.96. The van der Waals surface area contributed by atoms with Crippen LogP contribution in [0.5, 0.6) is 5.75 Å². The summed E-state index contributed by atoms with van der Waals surface area (Å²) in [6.07, 6.45) is 1.77. The van der Waals surface area contributed by atoms with Crippen LogP contribution in [-0.2, 0) is 0 Å². The highest BCUT2D eigenvalue weighted by Crippen LogP contribution is 2.27. The van der Waals surface area contributed by atoms with E-state index in [-0.39, 0.29) is 0 Å². The minimum Gasteiger partial charge on any atom is -0.465 e. The lowest BCUT2D eigenvalue weighted by molar-refractivity contribution is 0.478. The SMILES string of the molecule is CC(=C\Oc1ccc(-c2ccccc2)cc1)/C(=N/c1ccccc1)Sc1ccccc1. The fourth-order valence-electron chi connectivity index (χ4n) is 2.97. The van der Waals surface area contributed by atoms with Crippen molar-refractivity contribution in [2.75, 3.05) is 0 Å². The summed E-state index contributed by atoms with van der Waals surface area (Å²) in [4.78, 5) is 5.99. The van der Waals surface area contributed by atoms with E-state index in [0.717, 1.165) is 26.9 Å². The molecule has 4 aromatic rings. The van der Waals surface area contributed by atoms with Crippen molar-refractivity contribution < 1.29 is 4.74 Å². The lowest BCUT2D eigenvalue weighted by Gasteiger charge is -2.09. The number of hydrogen-bond donors (Lipinski definition) is 0. The first-order valence-corrected chi connectivity index (χ1v) is 11.0. The lowest BCUT2D eigenvalue weighted by Crippen LogP contribution is -1.97. The Hall–Kier alpha value is -3.56. The molecule has 0 aliphatic carbocycles. The molecule has 0 unspecified atom stereocenters. The van der Waals surface area contributed by atoms with Crippen molar-refractivity contribution in [1.29, 1.82) is 0 Å². The average Bonchev–Trinajstić information content (AvgIpc) is 2.84. The Labute approximate surface area is 188 Å². The molecule has 2 nitrogen and oxygen atoms in total. The largest absolute Gasteiger partial charge is 0.465 e. The molecular weight excluding hydrogens is 398 g/mol. The molecule has 0 aromatic heterocycles. The van der Waals surface area contributed by atoms with E-state index in [0.29, 0.717) is 0 Å². The Morgan fingerprint density at radius 2 is 1.23 bits per heavy atom. The van der Waals surface area contributed by atoms with Gasteiger partial charge in [0.15, 0.2) is 0 Å². The highest BCUT2D eigenvalue weighted by atomic mass is 32.2. The number of ether oxygens (including phenoxy) is 1. The summed E-state index contributed by atoms with van der Waals surface area (Å²) in [5.74, 6) is 0.794. The number of rotatable bonds is 6. The van der Waals surface area contributed by atoms with Crippen LogP contribution >= 0.6 is 11.8 Å². The smallest absolute Gasteiger partial charge is 0.126 e. The number of benzene rings is 4. The summed E-state index contributed by atoms with van der Waals surface area (Å²) in [5, 5.41) is 0.901. The molecule has 0 aliphatic heterocycles. The molecule has 0 atom stereocenters. The van der Waals surface area contributed by atoms with Gasteiger partial charge in [-0.2, -0.15) is 0 Å². The second-order valence-electron chi connectivity index (χ2n) is 6.98. The first-order chi connectivity index (χ1) is 15.3. The molecular formula is C28H23NOS. The van der Waals surface area contributed by atoms with Gasteiger partial charge in [-0.25, -0.2) is 4.99 Å². The zero-order valence-electron chi connectivity index (χ0n) is 17.3. The van der Waals surface area contributed by atoms with E-state index >= 15 is 0 Å². The molecule has 0 saturated carbocycles. The third-order valence-corrected chi connectivity index (χ3v) is 5.73. The first kappa shape index (κ1) is 20.7. The highest BCUT2D eigenvalue weighted by Gasteiger charge is 2.07. The molecule has 3 heteroatoms. The van der Waals surface area contributed by atoms with Crippen molar-refractivity contribution in [2.45, 2.75) is 11.8 Å². The fraction of sp³-hybridized carbons (Fsp3) is 0.0357. The molecule has 0 aliphatic rings. The van der Waals surface area contributed by atoms with Gasteiger partial charge in [-0.05, 0) is 54.4 Å². The van der Waals surface area contributed by atoms with Gasteiger partial charge >= 0.3 is 0 Å². The highest BCUT2D eigenvalue weighted by molar-refractivity contribution is 8.14. The normalized spacial score (nSPS) is 11.9. The van der Waals surface area contributed by atoms with Crippen LogP contribution in [0.3, 0.4) is 0 Å². The van der Waals surface area contributed by atoms with Crippen molar-refractivity contribution in [1.82, 2.24) is 0 Å². The summed E-state index contributed by atoms with van der Waals surface area (Å²) < 4.78 is 5.96. The zero-order valence-corrected chi connectivity index (χ0v) is 18.1. The van der Waals surface area contributed by atoms with Crippen molar-refractivity contribution in [3.8, 4) is 16.9 Å². The molecule has 0 fully saturated rings. The lowest BCUT2D eigenvalue weighted by atomic mass is 10.1. The summed E-state index contributed by atoms with van der Waals surface area (Å²) in [5.41, 5.74) is 4.24. The quantitative estimate of drug-likeness (QED) is 0.136. The third kappa shape index (κ3) is 5.97. The standard InChI is InChI=1S/C28H23NOS/c1-22(21-30-26-19-17-24(18-20-26)23-11-5-2-6-12-23)28(29-25-13-7-3-8-14-25)31-27-15-9-4-10-16-27/h2-21H,1H3/b22-21+,29-28-. The van der Waals surface area contributed by atoms with Gasteiger partial charge in [-0.3, -0.25) is 0 Å². The maximum Gasteiger partial charge on any atom is 0.126 e. The van der Waals surface area contributed by atoms with Gasteiger partial charge < -0.3 is 4.74 Å². The molecule has 4 aromatic carbocycles. The number of aliphatic imine (C=N–C) groups is 1. The van der Waals surface area contributed by atoms with Gasteiger partial charge in [0.2, 0.25) is 0 Å². The van der Waals surface area contributed by atoms with E-state index in [1.54, 1.807) is 18.0 Å². The Bertz CT molecular complexity index is 1150. The van der Waals surface area contributed by atoms with Crippen molar-refractivity contribution >= 4 is 22.5 Å². The van der Waals surface area contributed by atoms with E-state index in [9.17, 15) is 0 Å². The summed E-state index contributed by atoms with van der Waals surface area (Å²) >= 11 is 1.63. The minimum atomic E-state index is 0.794. The summed E-state index contributed by atoms with van der Waals surface area (Å²) in [7, 11) is 0. The van der Waals surface area contributed by atoms with Crippen LogP contribution in [0, 0.1) is 0 Å². The van der Waals surface area contributed by atoms with E-state index in [4.69, 9.17) is 9.73 Å². The molecule has 4 rings (SSSR count). The van der Waals surface area contributed by atoms with E-state index in [1.807, 2.05) is 85.8 Å². The van der Waals surface area contributed by atoms with Crippen LogP contribution in [-0.4, -0.2) is 5.04 Å². The summed E-state index contributed by atoms with van der Waals surface area (Å²) in [6.45, 7) is 2.02.